The van der Waals surface area contributed by atoms with Gasteiger partial charge in [0.2, 0.25) is 0 Å². The maximum atomic E-state index is 8.90. The van der Waals surface area contributed by atoms with Crippen molar-refractivity contribution in [3.8, 4) is 0 Å². The van der Waals surface area contributed by atoms with E-state index >= 15 is 0 Å². The lowest BCUT2D eigenvalue weighted by atomic mass is 9.94. The molecule has 0 atom stereocenters. The Kier molecular flexibility index (Phi) is 25.4. The summed E-state index contributed by atoms with van der Waals surface area (Å²) in [5.74, 6) is -0.0431. The van der Waals surface area contributed by atoms with E-state index in [4.69, 9.17) is 34.0 Å². The van der Waals surface area contributed by atoms with Crippen LogP contribution in [-0.4, -0.2) is 85.8 Å². The monoisotopic (exact) mass is 559 g/mol. The van der Waals surface area contributed by atoms with Crippen LogP contribution in [0.2, 0.25) is 0 Å². The Bertz CT molecular complexity index is 525. The summed E-state index contributed by atoms with van der Waals surface area (Å²) in [7, 11) is 0. The van der Waals surface area contributed by atoms with Crippen LogP contribution in [0.1, 0.15) is 92.9 Å². The first-order valence-corrected chi connectivity index (χ1v) is 15.4. The fraction of sp³-hybridized carbons (Fsp3) is 1.00. The van der Waals surface area contributed by atoms with Crippen molar-refractivity contribution in [2.24, 2.45) is 21.9 Å². The van der Waals surface area contributed by atoms with E-state index in [-0.39, 0.29) is 16.7 Å². The summed E-state index contributed by atoms with van der Waals surface area (Å²) < 4.78 is 36.1. The summed E-state index contributed by atoms with van der Waals surface area (Å²) in [5, 5.41) is 3.80. The average molecular weight is 560 g/mol. The molecule has 9 nitrogen and oxygen atoms in total. The second kappa shape index (κ2) is 26.0. The molecule has 0 spiro atoms. The quantitative estimate of drug-likeness (QED) is 0.0398. The third-order valence-corrected chi connectivity index (χ3v) is 6.38. The molecule has 0 aromatic rings. The van der Waals surface area contributed by atoms with Gasteiger partial charge in [-0.1, -0.05) is 72.3 Å². The summed E-state index contributed by atoms with van der Waals surface area (Å²) in [6.07, 6.45) is 8.62. The third-order valence-electron chi connectivity index (χ3n) is 6.38. The first-order chi connectivity index (χ1) is 18.9. The van der Waals surface area contributed by atoms with Crippen LogP contribution in [0, 0.1) is 16.7 Å². The van der Waals surface area contributed by atoms with Gasteiger partial charge in [-0.3, -0.25) is 0 Å². The van der Waals surface area contributed by atoms with Crippen LogP contribution in [0.3, 0.4) is 0 Å². The third kappa shape index (κ3) is 22.4. The van der Waals surface area contributed by atoms with Crippen LogP contribution in [0.15, 0.2) is 5.11 Å². The summed E-state index contributed by atoms with van der Waals surface area (Å²) in [4.78, 5) is 2.95. The van der Waals surface area contributed by atoms with Gasteiger partial charge in [-0.2, -0.15) is 0 Å². The van der Waals surface area contributed by atoms with E-state index in [1.165, 1.54) is 0 Å². The second-order valence-corrected chi connectivity index (χ2v) is 11.6. The molecule has 0 aromatic carbocycles. The Balaban J connectivity index is 4.91. The van der Waals surface area contributed by atoms with Crippen LogP contribution in [-0.2, 0) is 28.4 Å². The lowest BCUT2D eigenvalue weighted by molar-refractivity contribution is -0.0816. The molecule has 0 saturated carbocycles. The standard InChI is InChI=1S/C30H61N3O6/c1-7-11-15-34-22-29(5,23-35-16-12-8-2)26-38-20-28(19-32-33-31)21-39-27-30(6,24-36-17-13-9-3)25-37-18-14-10-4/h28H,7-27H2,1-6H3. The van der Waals surface area contributed by atoms with Gasteiger partial charge in [0.25, 0.3) is 0 Å². The molecular weight excluding hydrogens is 498 g/mol. The highest BCUT2D eigenvalue weighted by molar-refractivity contribution is 4.76. The Labute approximate surface area is 239 Å². The smallest absolute Gasteiger partial charge is 0.0564 e. The topological polar surface area (TPSA) is 104 Å². The minimum Gasteiger partial charge on any atom is -0.381 e. The van der Waals surface area contributed by atoms with Gasteiger partial charge in [0.05, 0.1) is 52.9 Å². The van der Waals surface area contributed by atoms with E-state index in [0.29, 0.717) is 59.4 Å². The maximum Gasteiger partial charge on any atom is 0.0564 e. The maximum absolute atomic E-state index is 8.90. The fourth-order valence-corrected chi connectivity index (χ4v) is 3.76. The molecule has 0 rings (SSSR count). The lowest BCUT2D eigenvalue weighted by Gasteiger charge is -2.31. The van der Waals surface area contributed by atoms with Gasteiger partial charge in [0.1, 0.15) is 0 Å². The number of azide groups is 1. The van der Waals surface area contributed by atoms with Gasteiger partial charge in [0, 0.05) is 54.6 Å². The zero-order valence-corrected chi connectivity index (χ0v) is 26.2. The molecule has 0 heterocycles. The van der Waals surface area contributed by atoms with Gasteiger partial charge in [-0.15, -0.1) is 0 Å². The minimum atomic E-state index is -0.240. The molecule has 0 aliphatic rings. The summed E-state index contributed by atoms with van der Waals surface area (Å²) in [6, 6.07) is 0. The van der Waals surface area contributed by atoms with Crippen molar-refractivity contribution in [2.75, 3.05) is 85.8 Å². The van der Waals surface area contributed by atoms with Crippen molar-refractivity contribution >= 4 is 0 Å². The minimum absolute atomic E-state index is 0.0431. The SMILES string of the molecule is CCCCOCC(C)(COCCCC)COCC(CN=[N+]=[N-])COCC(C)(COCCCC)COCCCC. The fourth-order valence-electron chi connectivity index (χ4n) is 3.76. The van der Waals surface area contributed by atoms with Crippen molar-refractivity contribution in [3.05, 3.63) is 10.4 Å². The van der Waals surface area contributed by atoms with Crippen molar-refractivity contribution in [3.63, 3.8) is 0 Å². The molecule has 0 aliphatic carbocycles. The van der Waals surface area contributed by atoms with Crippen molar-refractivity contribution in [2.45, 2.75) is 92.9 Å². The molecule has 0 unspecified atom stereocenters. The van der Waals surface area contributed by atoms with E-state index in [0.717, 1.165) is 77.8 Å². The molecule has 0 amide bonds. The van der Waals surface area contributed by atoms with Crippen LogP contribution < -0.4 is 0 Å². The van der Waals surface area contributed by atoms with E-state index in [2.05, 4.69) is 51.6 Å². The van der Waals surface area contributed by atoms with E-state index in [9.17, 15) is 0 Å². The Hall–Kier alpha value is -0.930. The number of hydrogen-bond acceptors (Lipinski definition) is 7. The van der Waals surface area contributed by atoms with Gasteiger partial charge in [-0.25, -0.2) is 0 Å². The molecule has 0 fully saturated rings. The number of unbranched alkanes of at least 4 members (excludes halogenated alkanes) is 4. The molecule has 0 N–H and O–H groups in total. The van der Waals surface area contributed by atoms with Crippen molar-refractivity contribution in [1.29, 1.82) is 0 Å². The van der Waals surface area contributed by atoms with Gasteiger partial charge in [0.15, 0.2) is 0 Å². The zero-order chi connectivity index (χ0) is 29.1. The zero-order valence-electron chi connectivity index (χ0n) is 26.2. The van der Waals surface area contributed by atoms with Gasteiger partial charge < -0.3 is 28.4 Å². The van der Waals surface area contributed by atoms with Crippen LogP contribution in [0.4, 0.5) is 0 Å². The Morgan fingerprint density at radius 2 is 0.872 bits per heavy atom. The lowest BCUT2D eigenvalue weighted by Crippen LogP contribution is -2.37. The predicted octanol–water partition coefficient (Wildman–Crippen LogP) is 7.23. The van der Waals surface area contributed by atoms with Gasteiger partial charge in [-0.05, 0) is 31.2 Å². The largest absolute Gasteiger partial charge is 0.381 e. The summed E-state index contributed by atoms with van der Waals surface area (Å²) in [6.45, 7) is 20.5. The number of rotatable bonds is 30. The molecule has 0 saturated heterocycles. The molecular formula is C30H61N3O6. The molecule has 0 aromatic heterocycles. The molecule has 9 heteroatoms. The van der Waals surface area contributed by atoms with E-state index in [1.807, 2.05) is 0 Å². The van der Waals surface area contributed by atoms with Crippen LogP contribution in [0.25, 0.3) is 10.4 Å². The summed E-state index contributed by atoms with van der Waals surface area (Å²) >= 11 is 0. The average Bonchev–Trinajstić information content (AvgIpc) is 2.92. The first kappa shape index (κ1) is 38.1. The van der Waals surface area contributed by atoms with Crippen molar-refractivity contribution in [1.82, 2.24) is 0 Å². The predicted molar refractivity (Wildman–Crippen MR) is 158 cm³/mol. The Morgan fingerprint density at radius 3 is 1.15 bits per heavy atom. The summed E-state index contributed by atoms with van der Waals surface area (Å²) in [5.41, 5.74) is 8.42. The van der Waals surface area contributed by atoms with Gasteiger partial charge >= 0.3 is 0 Å². The highest BCUT2D eigenvalue weighted by Crippen LogP contribution is 2.21. The normalized spacial score (nSPS) is 12.3. The molecule has 0 aliphatic heterocycles. The molecule has 0 radical (unpaired) electrons. The molecule has 0 bridgehead atoms. The molecule has 232 valence electrons. The molecule has 39 heavy (non-hydrogen) atoms. The first-order valence-electron chi connectivity index (χ1n) is 15.4. The van der Waals surface area contributed by atoms with E-state index < -0.39 is 0 Å². The Morgan fingerprint density at radius 1 is 0.564 bits per heavy atom. The van der Waals surface area contributed by atoms with Crippen molar-refractivity contribution < 1.29 is 28.4 Å². The second-order valence-electron chi connectivity index (χ2n) is 11.6. The number of hydrogen-bond donors (Lipinski definition) is 0. The van der Waals surface area contributed by atoms with Crippen LogP contribution in [0.5, 0.6) is 0 Å². The number of nitrogens with zero attached hydrogens (tertiary/aromatic N) is 3. The van der Waals surface area contributed by atoms with E-state index in [1.54, 1.807) is 0 Å². The highest BCUT2D eigenvalue weighted by atomic mass is 16.5. The highest BCUT2D eigenvalue weighted by Gasteiger charge is 2.28. The number of ether oxygens (including phenoxy) is 6. The van der Waals surface area contributed by atoms with Crippen LogP contribution >= 0.6 is 0 Å².